The fourth-order valence-corrected chi connectivity index (χ4v) is 6.15. The lowest BCUT2D eigenvalue weighted by atomic mass is 9.88. The summed E-state index contributed by atoms with van der Waals surface area (Å²) in [5, 5.41) is 11.7. The molecule has 2 amide bonds. The van der Waals surface area contributed by atoms with E-state index in [1.165, 1.54) is 12.8 Å². The Morgan fingerprint density at radius 3 is 2.06 bits per heavy atom. The van der Waals surface area contributed by atoms with E-state index < -0.39 is 4.92 Å². The molecule has 36 heavy (non-hydrogen) atoms. The molecule has 8 nitrogen and oxygen atoms in total. The molecular weight excluding hydrogens is 456 g/mol. The molecule has 0 N–H and O–H groups in total. The van der Waals surface area contributed by atoms with Gasteiger partial charge in [-0.2, -0.15) is 0 Å². The van der Waals surface area contributed by atoms with Crippen LogP contribution in [0.2, 0.25) is 0 Å². The predicted molar refractivity (Wildman–Crippen MR) is 142 cm³/mol. The van der Waals surface area contributed by atoms with Crippen molar-refractivity contribution in [2.75, 3.05) is 32.7 Å². The van der Waals surface area contributed by atoms with Crippen LogP contribution < -0.4 is 0 Å². The minimum absolute atomic E-state index is 0.00637. The molecule has 0 atom stereocenters. The van der Waals surface area contributed by atoms with Gasteiger partial charge in [0.25, 0.3) is 11.6 Å². The van der Waals surface area contributed by atoms with Gasteiger partial charge >= 0.3 is 0 Å². The molecule has 0 bridgehead atoms. The van der Waals surface area contributed by atoms with Crippen LogP contribution in [0.4, 0.5) is 0 Å². The van der Waals surface area contributed by atoms with Crippen LogP contribution in [0.3, 0.4) is 0 Å². The van der Waals surface area contributed by atoms with E-state index in [4.69, 9.17) is 0 Å². The molecule has 0 radical (unpaired) electrons. The lowest BCUT2D eigenvalue weighted by Crippen LogP contribution is -2.53. The van der Waals surface area contributed by atoms with Crippen molar-refractivity contribution in [2.24, 2.45) is 0 Å². The molecule has 0 aromatic rings. The van der Waals surface area contributed by atoms with Gasteiger partial charge in [0.1, 0.15) is 12.1 Å². The second-order valence-electron chi connectivity index (χ2n) is 10.6. The molecule has 8 heteroatoms. The van der Waals surface area contributed by atoms with E-state index in [1.54, 1.807) is 11.0 Å². The van der Waals surface area contributed by atoms with Gasteiger partial charge in [-0.3, -0.25) is 19.7 Å². The van der Waals surface area contributed by atoms with Gasteiger partial charge < -0.3 is 14.7 Å². The normalized spacial score (nSPS) is 19.5. The molecule has 0 heterocycles. The fraction of sp³-hybridized carbons (Fsp3) is 0.786. The summed E-state index contributed by atoms with van der Waals surface area (Å²) in [6, 6.07) is 0.509. The van der Waals surface area contributed by atoms with E-state index in [0.717, 1.165) is 77.4 Å². The topological polar surface area (TPSA) is 87.0 Å². The number of nitro groups is 1. The van der Waals surface area contributed by atoms with Crippen LogP contribution in [0, 0.1) is 10.1 Å². The van der Waals surface area contributed by atoms with Crippen molar-refractivity contribution in [1.82, 2.24) is 14.7 Å². The monoisotopic (exact) mass is 502 g/mol. The standard InChI is InChI=1S/C28H46N4O4/c1-3-29(4-2)20-13-21-30(28(34)25-18-11-12-19-26(25)32(35)36)22-27(33)31(23-14-7-5-8-15-23)24-16-9-6-10-17-24/h11,18,23-24H,3-10,12-17,19-22H2,1-2H3. The van der Waals surface area contributed by atoms with Gasteiger partial charge in [-0.25, -0.2) is 0 Å². The lowest BCUT2D eigenvalue weighted by Gasteiger charge is -2.42. The summed E-state index contributed by atoms with van der Waals surface area (Å²) < 4.78 is 0. The molecule has 0 aliphatic heterocycles. The van der Waals surface area contributed by atoms with E-state index >= 15 is 0 Å². The summed E-state index contributed by atoms with van der Waals surface area (Å²) in [4.78, 5) is 44.9. The van der Waals surface area contributed by atoms with E-state index in [0.29, 0.717) is 13.0 Å². The highest BCUT2D eigenvalue weighted by molar-refractivity contribution is 5.98. The molecule has 2 fully saturated rings. The first-order valence-electron chi connectivity index (χ1n) is 14.3. The Balaban J connectivity index is 1.82. The van der Waals surface area contributed by atoms with Gasteiger partial charge in [-0.15, -0.1) is 0 Å². The van der Waals surface area contributed by atoms with E-state index in [-0.39, 0.29) is 48.1 Å². The summed E-state index contributed by atoms with van der Waals surface area (Å²) in [6.07, 6.45) is 16.2. The number of allylic oxidation sites excluding steroid dienone is 2. The number of carbonyl (C=O) groups excluding carboxylic acids is 2. The Morgan fingerprint density at radius 1 is 0.944 bits per heavy atom. The van der Waals surface area contributed by atoms with Crippen molar-refractivity contribution >= 4 is 11.8 Å². The van der Waals surface area contributed by atoms with Crippen LogP contribution in [0.5, 0.6) is 0 Å². The Labute approximate surface area is 216 Å². The molecule has 3 aliphatic rings. The maximum atomic E-state index is 13.9. The SMILES string of the molecule is CCN(CC)CCCN(CC(=O)N(C1CCCCC1)C1CCCCC1)C(=O)C1=C([N+](=O)[O-])CCC=C1. The molecule has 0 aromatic heterocycles. The molecule has 0 unspecified atom stereocenters. The van der Waals surface area contributed by atoms with Gasteiger partial charge in [-0.1, -0.05) is 58.4 Å². The van der Waals surface area contributed by atoms with Crippen molar-refractivity contribution in [1.29, 1.82) is 0 Å². The smallest absolute Gasteiger partial charge is 0.260 e. The molecule has 202 valence electrons. The van der Waals surface area contributed by atoms with E-state index in [1.807, 2.05) is 6.08 Å². The summed E-state index contributed by atoms with van der Waals surface area (Å²) >= 11 is 0. The largest absolute Gasteiger partial charge is 0.335 e. The minimum atomic E-state index is -0.428. The zero-order chi connectivity index (χ0) is 25.9. The summed E-state index contributed by atoms with van der Waals surface area (Å²) in [5.74, 6) is -0.356. The average Bonchev–Trinajstić information content (AvgIpc) is 2.91. The van der Waals surface area contributed by atoms with Crippen LogP contribution >= 0.6 is 0 Å². The third-order valence-corrected chi connectivity index (χ3v) is 8.23. The third-order valence-electron chi connectivity index (χ3n) is 8.23. The molecule has 0 spiro atoms. The van der Waals surface area contributed by atoms with Crippen molar-refractivity contribution < 1.29 is 14.5 Å². The predicted octanol–water partition coefficient (Wildman–Crippen LogP) is 4.92. The fourth-order valence-electron chi connectivity index (χ4n) is 6.15. The summed E-state index contributed by atoms with van der Waals surface area (Å²) in [6.45, 7) is 7.35. The highest BCUT2D eigenvalue weighted by Gasteiger charge is 2.35. The average molecular weight is 503 g/mol. The number of hydrogen-bond donors (Lipinski definition) is 0. The molecule has 2 saturated carbocycles. The third kappa shape index (κ3) is 7.64. The Hall–Kier alpha value is -2.22. The number of amides is 2. The Morgan fingerprint density at radius 2 is 1.53 bits per heavy atom. The van der Waals surface area contributed by atoms with Gasteiger partial charge in [0, 0.05) is 25.0 Å². The number of nitrogens with zero attached hydrogens (tertiary/aromatic N) is 4. The highest BCUT2D eigenvalue weighted by Crippen LogP contribution is 2.31. The second kappa shape index (κ2) is 14.5. The first kappa shape index (κ1) is 28.4. The number of carbonyl (C=O) groups is 2. The van der Waals surface area contributed by atoms with Crippen molar-refractivity contribution in [2.45, 2.75) is 109 Å². The number of rotatable bonds is 12. The van der Waals surface area contributed by atoms with Gasteiger partial charge in [-0.05, 0) is 64.2 Å². The van der Waals surface area contributed by atoms with Crippen molar-refractivity contribution in [3.8, 4) is 0 Å². The maximum absolute atomic E-state index is 13.9. The van der Waals surface area contributed by atoms with Crippen LogP contribution in [-0.2, 0) is 9.59 Å². The second-order valence-corrected chi connectivity index (χ2v) is 10.6. The molecule has 3 rings (SSSR count). The quantitative estimate of drug-likeness (QED) is 0.279. The minimum Gasteiger partial charge on any atom is -0.335 e. The molecular formula is C28H46N4O4. The van der Waals surface area contributed by atoms with E-state index in [9.17, 15) is 19.7 Å². The van der Waals surface area contributed by atoms with Crippen LogP contribution in [0.15, 0.2) is 23.4 Å². The molecule has 3 aliphatic carbocycles. The lowest BCUT2D eigenvalue weighted by molar-refractivity contribution is -0.428. The highest BCUT2D eigenvalue weighted by atomic mass is 16.6. The summed E-state index contributed by atoms with van der Waals surface area (Å²) in [7, 11) is 0. The van der Waals surface area contributed by atoms with Gasteiger partial charge in [0.15, 0.2) is 0 Å². The first-order chi connectivity index (χ1) is 17.5. The molecule has 0 aromatic carbocycles. The molecule has 0 saturated heterocycles. The zero-order valence-corrected chi connectivity index (χ0v) is 22.5. The maximum Gasteiger partial charge on any atom is 0.260 e. The van der Waals surface area contributed by atoms with Crippen LogP contribution in [0.1, 0.15) is 97.3 Å². The van der Waals surface area contributed by atoms with E-state index in [2.05, 4.69) is 23.6 Å². The van der Waals surface area contributed by atoms with Crippen molar-refractivity contribution in [3.05, 3.63) is 33.5 Å². The first-order valence-corrected chi connectivity index (χ1v) is 14.3. The van der Waals surface area contributed by atoms with Crippen LogP contribution in [-0.4, -0.2) is 76.2 Å². The Kier molecular flexibility index (Phi) is 11.4. The Bertz CT molecular complexity index is 790. The van der Waals surface area contributed by atoms with Crippen molar-refractivity contribution in [3.63, 3.8) is 0 Å². The van der Waals surface area contributed by atoms with Gasteiger partial charge in [0.2, 0.25) is 5.91 Å². The summed E-state index contributed by atoms with van der Waals surface area (Å²) in [5.41, 5.74) is 0.115. The van der Waals surface area contributed by atoms with Crippen LogP contribution in [0.25, 0.3) is 0 Å². The van der Waals surface area contributed by atoms with Gasteiger partial charge in [0.05, 0.1) is 4.92 Å². The zero-order valence-electron chi connectivity index (χ0n) is 22.5. The number of hydrogen-bond acceptors (Lipinski definition) is 5.